The average Bonchev–Trinajstić information content (AvgIpc) is 3.16. The van der Waals surface area contributed by atoms with E-state index in [1.807, 2.05) is 18.2 Å². The normalized spacial score (nSPS) is 13.9. The summed E-state index contributed by atoms with van der Waals surface area (Å²) >= 11 is 2.12. The van der Waals surface area contributed by atoms with Crippen molar-refractivity contribution in [1.82, 2.24) is 5.43 Å². The van der Waals surface area contributed by atoms with E-state index in [9.17, 15) is 9.59 Å². The molecule has 2 aromatic carbocycles. The van der Waals surface area contributed by atoms with Gasteiger partial charge in [-0.2, -0.15) is 0 Å². The zero-order valence-electron chi connectivity index (χ0n) is 21.0. The van der Waals surface area contributed by atoms with Crippen LogP contribution in [0.5, 0.6) is 5.75 Å². The van der Waals surface area contributed by atoms with Gasteiger partial charge in [0.05, 0.1) is 28.1 Å². The number of carbonyl (C=O) groups excluding carboxylic acids is 2. The molecule has 1 N–H and O–H groups in total. The number of rotatable bonds is 11. The van der Waals surface area contributed by atoms with E-state index < -0.39 is 11.8 Å². The predicted octanol–water partition coefficient (Wildman–Crippen LogP) is 7.10. The van der Waals surface area contributed by atoms with Crippen LogP contribution in [-0.4, -0.2) is 25.0 Å². The second-order valence-electron chi connectivity index (χ2n) is 8.14. The predicted molar refractivity (Wildman–Crippen MR) is 159 cm³/mol. The standard InChI is InChI=1S/C18H25IO2S.C10H8N2O2/c1-5-14(3)8-10-17-16(6-2)15(4)9-11-18(17)20-12-7-13-21-22-19;1-7-9(13)11-12(10(7)14)8-5-3-2-4-6-8/h6,8-11,14H,2,5,7,12-13H2,1,3-4H3;2-6H,1H2,(H,11,13)/b10-8-;. The number of nitrogens with zero attached hydrogens (tertiary/aromatic N) is 1. The summed E-state index contributed by atoms with van der Waals surface area (Å²) in [5.41, 5.74) is 6.50. The number of halogens is 1. The van der Waals surface area contributed by atoms with E-state index in [4.69, 9.17) is 8.92 Å². The highest BCUT2D eigenvalue weighted by molar-refractivity contribution is 14.2. The highest BCUT2D eigenvalue weighted by Crippen LogP contribution is 2.29. The van der Waals surface area contributed by atoms with Crippen LogP contribution in [0.4, 0.5) is 5.69 Å². The first-order valence-electron chi connectivity index (χ1n) is 11.7. The fourth-order valence-corrected chi connectivity index (χ4v) is 3.95. The van der Waals surface area contributed by atoms with E-state index in [0.29, 0.717) is 24.8 Å². The Hall–Kier alpha value is -2.56. The van der Waals surface area contributed by atoms with Crippen LogP contribution in [0.3, 0.4) is 0 Å². The number of allylic oxidation sites excluding steroid dienone is 1. The lowest BCUT2D eigenvalue weighted by Crippen LogP contribution is -2.35. The Bertz CT molecular complexity index is 1090. The summed E-state index contributed by atoms with van der Waals surface area (Å²) in [6.45, 7) is 15.2. The number of hydrogen-bond donors (Lipinski definition) is 1. The van der Waals surface area contributed by atoms with E-state index in [-0.39, 0.29) is 5.57 Å². The van der Waals surface area contributed by atoms with Gasteiger partial charge in [0.2, 0.25) is 0 Å². The molecule has 1 saturated heterocycles. The second-order valence-corrected chi connectivity index (χ2v) is 9.58. The number of ether oxygens (including phenoxy) is 1. The maximum Gasteiger partial charge on any atom is 0.282 e. The minimum absolute atomic E-state index is 0.0335. The Morgan fingerprint density at radius 2 is 1.86 bits per heavy atom. The molecule has 8 heteroatoms. The van der Waals surface area contributed by atoms with Gasteiger partial charge in [-0.15, -0.1) is 0 Å². The number of hydrazine groups is 1. The molecule has 0 saturated carbocycles. The van der Waals surface area contributed by atoms with Gasteiger partial charge in [0.25, 0.3) is 11.8 Å². The van der Waals surface area contributed by atoms with E-state index in [1.165, 1.54) is 19.8 Å². The topological polar surface area (TPSA) is 67.9 Å². The van der Waals surface area contributed by atoms with Crippen molar-refractivity contribution < 1.29 is 18.5 Å². The summed E-state index contributed by atoms with van der Waals surface area (Å²) < 4.78 is 11.2. The summed E-state index contributed by atoms with van der Waals surface area (Å²) in [6.07, 6.45) is 8.33. The van der Waals surface area contributed by atoms with Crippen molar-refractivity contribution in [1.29, 1.82) is 0 Å². The first-order valence-corrected chi connectivity index (χ1v) is 15.0. The van der Waals surface area contributed by atoms with Gasteiger partial charge in [-0.1, -0.05) is 75.9 Å². The van der Waals surface area contributed by atoms with Gasteiger partial charge in [0.1, 0.15) is 11.3 Å². The Morgan fingerprint density at radius 1 is 1.14 bits per heavy atom. The Morgan fingerprint density at radius 3 is 2.44 bits per heavy atom. The first-order chi connectivity index (χ1) is 17.3. The maximum absolute atomic E-state index is 11.5. The number of anilines is 1. The van der Waals surface area contributed by atoms with Gasteiger partial charge >= 0.3 is 0 Å². The molecular formula is C28H33IN2O4S. The van der Waals surface area contributed by atoms with Crippen LogP contribution < -0.4 is 15.2 Å². The molecule has 0 bridgehead atoms. The lowest BCUT2D eigenvalue weighted by atomic mass is 9.98. The molecule has 0 aliphatic carbocycles. The summed E-state index contributed by atoms with van der Waals surface area (Å²) in [6, 6.07) is 13.0. The number of para-hydroxylation sites is 1. The highest BCUT2D eigenvalue weighted by atomic mass is 127. The van der Waals surface area contributed by atoms with Crippen molar-refractivity contribution >= 4 is 60.1 Å². The van der Waals surface area contributed by atoms with E-state index in [1.54, 1.807) is 24.3 Å². The molecule has 0 spiro atoms. The molecule has 6 nitrogen and oxygen atoms in total. The van der Waals surface area contributed by atoms with Gasteiger partial charge in [-0.25, -0.2) is 5.01 Å². The van der Waals surface area contributed by atoms with E-state index >= 15 is 0 Å². The Kier molecular flexibility index (Phi) is 12.8. The minimum Gasteiger partial charge on any atom is -0.493 e. The summed E-state index contributed by atoms with van der Waals surface area (Å²) in [7, 11) is 1.36. The molecule has 36 heavy (non-hydrogen) atoms. The monoisotopic (exact) mass is 620 g/mol. The van der Waals surface area contributed by atoms with Crippen molar-refractivity contribution in [3.63, 3.8) is 0 Å². The van der Waals surface area contributed by atoms with E-state index in [0.717, 1.165) is 29.7 Å². The average molecular weight is 621 g/mol. The number of amides is 2. The van der Waals surface area contributed by atoms with Crippen LogP contribution in [-0.2, 0) is 13.8 Å². The van der Waals surface area contributed by atoms with Gasteiger partial charge in [-0.05, 0) is 42.2 Å². The van der Waals surface area contributed by atoms with Gasteiger partial charge < -0.3 is 8.92 Å². The van der Waals surface area contributed by atoms with Crippen LogP contribution in [0, 0.1) is 12.8 Å². The number of benzene rings is 2. The third-order valence-electron chi connectivity index (χ3n) is 5.54. The SMILES string of the molecule is C=C1C(=O)NN(c2ccccc2)C1=O.C=Cc1c(C)ccc(OCCCOSI)c1/C=C\C(C)CC. The maximum atomic E-state index is 11.5. The number of carbonyl (C=O) groups is 2. The summed E-state index contributed by atoms with van der Waals surface area (Å²) in [4.78, 5) is 22.6. The smallest absolute Gasteiger partial charge is 0.282 e. The molecule has 1 aliphatic rings. The van der Waals surface area contributed by atoms with Crippen LogP contribution in [0.2, 0.25) is 0 Å². The Labute approximate surface area is 230 Å². The van der Waals surface area contributed by atoms with Gasteiger partial charge in [0, 0.05) is 33.2 Å². The summed E-state index contributed by atoms with van der Waals surface area (Å²) in [5, 5.41) is 1.19. The van der Waals surface area contributed by atoms with Crippen molar-refractivity contribution in [3.8, 4) is 5.75 Å². The van der Waals surface area contributed by atoms with Crippen LogP contribution in [0.15, 0.2) is 67.3 Å². The first kappa shape index (κ1) is 29.7. The molecule has 2 amide bonds. The molecule has 2 aromatic rings. The molecule has 3 rings (SSSR count). The molecule has 1 fully saturated rings. The van der Waals surface area contributed by atoms with Gasteiger partial charge in [-0.3, -0.25) is 15.0 Å². The molecule has 0 aromatic heterocycles. The lowest BCUT2D eigenvalue weighted by Gasteiger charge is -2.14. The van der Waals surface area contributed by atoms with Gasteiger partial charge in [0.15, 0.2) is 0 Å². The van der Waals surface area contributed by atoms with Crippen LogP contribution in [0.25, 0.3) is 12.2 Å². The molecule has 1 unspecified atom stereocenters. The second kappa shape index (κ2) is 15.5. The number of hydrogen-bond acceptors (Lipinski definition) is 5. The fourth-order valence-electron chi connectivity index (χ4n) is 3.23. The molecule has 192 valence electrons. The van der Waals surface area contributed by atoms with Crippen molar-refractivity contribution in [2.75, 3.05) is 18.2 Å². The highest BCUT2D eigenvalue weighted by Gasteiger charge is 2.32. The number of aryl methyl sites for hydroxylation is 1. The molecule has 1 heterocycles. The molecule has 1 atom stereocenters. The lowest BCUT2D eigenvalue weighted by molar-refractivity contribution is -0.117. The third kappa shape index (κ3) is 8.53. The molecule has 1 aliphatic heterocycles. The molecule has 0 radical (unpaired) electrons. The van der Waals surface area contributed by atoms with Crippen LogP contribution in [0.1, 0.15) is 43.4 Å². The third-order valence-corrected chi connectivity index (χ3v) is 6.56. The van der Waals surface area contributed by atoms with Crippen molar-refractivity contribution in [3.05, 3.63) is 84.0 Å². The van der Waals surface area contributed by atoms with E-state index in [2.05, 4.69) is 78.8 Å². The van der Waals surface area contributed by atoms with Crippen molar-refractivity contribution in [2.24, 2.45) is 5.92 Å². The van der Waals surface area contributed by atoms with Crippen LogP contribution >= 0.6 is 30.4 Å². The Balaban J connectivity index is 0.000000278. The quantitative estimate of drug-likeness (QED) is 0.0955. The summed E-state index contributed by atoms with van der Waals surface area (Å²) in [5.74, 6) is 0.627. The molecular weight excluding hydrogens is 587 g/mol. The fraction of sp³-hybridized carbons (Fsp3) is 0.286. The zero-order valence-corrected chi connectivity index (χ0v) is 23.9. The largest absolute Gasteiger partial charge is 0.493 e. The zero-order chi connectivity index (χ0) is 26.5. The number of nitrogens with one attached hydrogen (secondary N) is 1. The van der Waals surface area contributed by atoms with Crippen molar-refractivity contribution in [2.45, 2.75) is 33.6 Å². The minimum atomic E-state index is -0.446.